The van der Waals surface area contributed by atoms with Gasteiger partial charge in [-0.3, -0.25) is 0 Å². The van der Waals surface area contributed by atoms with Gasteiger partial charge in [0.05, 0.1) is 18.9 Å². The van der Waals surface area contributed by atoms with Gasteiger partial charge in [0, 0.05) is 18.8 Å². The normalized spacial score (nSPS) is 15.9. The minimum Gasteiger partial charge on any atom is -0.398 e. The van der Waals surface area contributed by atoms with Crippen molar-refractivity contribution in [3.05, 3.63) is 23.5 Å². The first kappa shape index (κ1) is 10.7. The minimum absolute atomic E-state index is 0.0861. The molecule has 0 radical (unpaired) electrons. The lowest BCUT2D eigenvalue weighted by molar-refractivity contribution is 0.122. The molecule has 0 unspecified atom stereocenters. The fourth-order valence-corrected chi connectivity index (χ4v) is 1.74. The summed E-state index contributed by atoms with van der Waals surface area (Å²) < 4.78 is 18.7. The summed E-state index contributed by atoms with van der Waals surface area (Å²) in [6, 6.07) is 4.73. The first-order valence-corrected chi connectivity index (χ1v) is 5.04. The van der Waals surface area contributed by atoms with Crippen LogP contribution in [0.4, 0.5) is 15.8 Å². The van der Waals surface area contributed by atoms with Crippen LogP contribution in [0.1, 0.15) is 5.56 Å². The van der Waals surface area contributed by atoms with Gasteiger partial charge in [-0.15, -0.1) is 0 Å². The topological polar surface area (TPSA) is 62.3 Å². The van der Waals surface area contributed by atoms with Crippen molar-refractivity contribution in [1.29, 1.82) is 5.26 Å². The molecule has 0 atom stereocenters. The Hall–Kier alpha value is -1.80. The number of halogens is 1. The van der Waals surface area contributed by atoms with E-state index in [0.29, 0.717) is 32.0 Å². The second-order valence-corrected chi connectivity index (χ2v) is 3.60. The Bertz CT molecular complexity index is 412. The summed E-state index contributed by atoms with van der Waals surface area (Å²) in [6.45, 7) is 2.68. The van der Waals surface area contributed by atoms with Crippen LogP contribution in [-0.4, -0.2) is 26.3 Å². The Morgan fingerprint density at radius 2 is 2.06 bits per heavy atom. The van der Waals surface area contributed by atoms with Crippen molar-refractivity contribution in [3.8, 4) is 6.07 Å². The molecule has 5 heteroatoms. The zero-order valence-electron chi connectivity index (χ0n) is 8.74. The third-order valence-corrected chi connectivity index (χ3v) is 2.59. The fraction of sp³-hybridized carbons (Fsp3) is 0.364. The van der Waals surface area contributed by atoms with E-state index in [4.69, 9.17) is 15.7 Å². The molecule has 0 saturated carbocycles. The van der Waals surface area contributed by atoms with Gasteiger partial charge in [-0.2, -0.15) is 5.26 Å². The number of nitriles is 1. The van der Waals surface area contributed by atoms with Crippen molar-refractivity contribution < 1.29 is 9.13 Å². The molecule has 16 heavy (non-hydrogen) atoms. The van der Waals surface area contributed by atoms with Gasteiger partial charge in [-0.25, -0.2) is 4.39 Å². The van der Waals surface area contributed by atoms with E-state index in [-0.39, 0.29) is 11.3 Å². The maximum absolute atomic E-state index is 13.5. The van der Waals surface area contributed by atoms with E-state index in [9.17, 15) is 4.39 Å². The van der Waals surface area contributed by atoms with Crippen LogP contribution in [0.2, 0.25) is 0 Å². The number of nitrogens with two attached hydrogens (primary N) is 1. The minimum atomic E-state index is -0.566. The van der Waals surface area contributed by atoms with Gasteiger partial charge in [0.2, 0.25) is 0 Å². The second kappa shape index (κ2) is 4.37. The summed E-state index contributed by atoms with van der Waals surface area (Å²) in [7, 11) is 0. The predicted molar refractivity (Wildman–Crippen MR) is 58.6 cm³/mol. The van der Waals surface area contributed by atoms with Crippen LogP contribution in [0.5, 0.6) is 0 Å². The van der Waals surface area contributed by atoms with Crippen LogP contribution >= 0.6 is 0 Å². The molecule has 4 nitrogen and oxygen atoms in total. The highest BCUT2D eigenvalue weighted by atomic mass is 19.1. The third kappa shape index (κ3) is 1.92. The molecule has 1 fully saturated rings. The lowest BCUT2D eigenvalue weighted by Gasteiger charge is -2.29. The molecule has 2 N–H and O–H groups in total. The van der Waals surface area contributed by atoms with Gasteiger partial charge in [-0.1, -0.05) is 0 Å². The van der Waals surface area contributed by atoms with Crippen LogP contribution in [-0.2, 0) is 4.74 Å². The van der Waals surface area contributed by atoms with Gasteiger partial charge in [0.25, 0.3) is 0 Å². The summed E-state index contributed by atoms with van der Waals surface area (Å²) >= 11 is 0. The molecule has 0 aromatic heterocycles. The molecule has 1 aliphatic heterocycles. The Morgan fingerprint density at radius 1 is 1.38 bits per heavy atom. The quantitative estimate of drug-likeness (QED) is 0.722. The van der Waals surface area contributed by atoms with Crippen molar-refractivity contribution in [1.82, 2.24) is 0 Å². The van der Waals surface area contributed by atoms with Crippen molar-refractivity contribution >= 4 is 11.4 Å². The van der Waals surface area contributed by atoms with Crippen LogP contribution in [0.25, 0.3) is 0 Å². The summed E-state index contributed by atoms with van der Waals surface area (Å²) in [6.07, 6.45) is 0. The Kier molecular flexibility index (Phi) is 2.93. The number of nitrogen functional groups attached to an aromatic ring is 1. The van der Waals surface area contributed by atoms with Crippen molar-refractivity contribution in [2.75, 3.05) is 36.9 Å². The van der Waals surface area contributed by atoms with E-state index in [1.165, 1.54) is 6.07 Å². The molecule has 84 valence electrons. The molecule has 1 aromatic carbocycles. The summed E-state index contributed by atoms with van der Waals surface area (Å²) in [5.41, 5.74) is 6.42. The molecule has 0 amide bonds. The van der Waals surface area contributed by atoms with E-state index >= 15 is 0 Å². The van der Waals surface area contributed by atoms with E-state index in [1.807, 2.05) is 4.90 Å². The zero-order chi connectivity index (χ0) is 11.5. The summed E-state index contributed by atoms with van der Waals surface area (Å²) in [5, 5.41) is 8.70. The standard InChI is InChI=1S/C11H12FN3O/c12-10-5-8(6-11(14)9(10)7-13)15-1-3-16-4-2-15/h5-6H,1-4,14H2. The third-order valence-electron chi connectivity index (χ3n) is 2.59. The molecule has 1 saturated heterocycles. The number of nitrogens with zero attached hydrogens (tertiary/aromatic N) is 2. The predicted octanol–water partition coefficient (Wildman–Crippen LogP) is 1.12. The van der Waals surface area contributed by atoms with Crippen LogP contribution in [0, 0.1) is 17.1 Å². The number of anilines is 2. The van der Waals surface area contributed by atoms with Gasteiger partial charge < -0.3 is 15.4 Å². The maximum atomic E-state index is 13.5. The monoisotopic (exact) mass is 221 g/mol. The summed E-state index contributed by atoms with van der Waals surface area (Å²) in [4.78, 5) is 1.99. The average molecular weight is 221 g/mol. The average Bonchev–Trinajstić information content (AvgIpc) is 2.30. The van der Waals surface area contributed by atoms with Crippen molar-refractivity contribution in [2.24, 2.45) is 0 Å². The van der Waals surface area contributed by atoms with E-state index in [1.54, 1.807) is 12.1 Å². The molecule has 0 spiro atoms. The van der Waals surface area contributed by atoms with Crippen LogP contribution in [0.15, 0.2) is 12.1 Å². The number of ether oxygens (including phenoxy) is 1. The number of rotatable bonds is 1. The van der Waals surface area contributed by atoms with E-state index < -0.39 is 5.82 Å². The molecular formula is C11H12FN3O. The van der Waals surface area contributed by atoms with Gasteiger partial charge in [0.1, 0.15) is 17.4 Å². The number of hydrogen-bond donors (Lipinski definition) is 1. The highest BCUT2D eigenvalue weighted by Crippen LogP contribution is 2.24. The highest BCUT2D eigenvalue weighted by molar-refractivity contribution is 5.64. The van der Waals surface area contributed by atoms with E-state index in [2.05, 4.69) is 0 Å². The first-order chi connectivity index (χ1) is 7.72. The molecule has 1 aliphatic rings. The number of morpholine rings is 1. The molecule has 2 rings (SSSR count). The smallest absolute Gasteiger partial charge is 0.145 e. The molecular weight excluding hydrogens is 209 g/mol. The van der Waals surface area contributed by atoms with Gasteiger partial charge in [-0.05, 0) is 12.1 Å². The summed E-state index contributed by atoms with van der Waals surface area (Å²) in [5.74, 6) is -0.566. The molecule has 1 heterocycles. The van der Waals surface area contributed by atoms with Crippen molar-refractivity contribution in [2.45, 2.75) is 0 Å². The lowest BCUT2D eigenvalue weighted by atomic mass is 10.1. The Balaban J connectivity index is 2.32. The maximum Gasteiger partial charge on any atom is 0.145 e. The van der Waals surface area contributed by atoms with Crippen LogP contribution < -0.4 is 10.6 Å². The Labute approximate surface area is 93.0 Å². The SMILES string of the molecule is N#Cc1c(N)cc(N2CCOCC2)cc1F. The Morgan fingerprint density at radius 3 is 2.62 bits per heavy atom. The second-order valence-electron chi connectivity index (χ2n) is 3.60. The van der Waals surface area contributed by atoms with Crippen LogP contribution in [0.3, 0.4) is 0 Å². The van der Waals surface area contributed by atoms with Gasteiger partial charge >= 0.3 is 0 Å². The van der Waals surface area contributed by atoms with E-state index in [0.717, 1.165) is 0 Å². The first-order valence-electron chi connectivity index (χ1n) is 5.04. The number of benzene rings is 1. The van der Waals surface area contributed by atoms with Gasteiger partial charge in [0.15, 0.2) is 0 Å². The molecule has 0 aliphatic carbocycles. The lowest BCUT2D eigenvalue weighted by Crippen LogP contribution is -2.36. The highest BCUT2D eigenvalue weighted by Gasteiger charge is 2.15. The molecule has 0 bridgehead atoms. The van der Waals surface area contributed by atoms with Crippen molar-refractivity contribution in [3.63, 3.8) is 0 Å². The largest absolute Gasteiger partial charge is 0.398 e. The zero-order valence-corrected chi connectivity index (χ0v) is 8.74. The number of hydrogen-bond acceptors (Lipinski definition) is 4. The fourth-order valence-electron chi connectivity index (χ4n) is 1.74. The molecule has 1 aromatic rings.